The van der Waals surface area contributed by atoms with Crippen molar-refractivity contribution in [2.45, 2.75) is 45.1 Å². The molecule has 0 aromatic carbocycles. The number of likely N-dealkylation sites (N-methyl/N-ethyl adjacent to an activating group) is 1. The smallest absolute Gasteiger partial charge is 0.239 e. The number of aryl methyl sites for hydroxylation is 1. The minimum atomic E-state index is -0.0202. The Bertz CT molecular complexity index is 527. The van der Waals surface area contributed by atoms with Gasteiger partial charge in [-0.1, -0.05) is 20.8 Å². The fourth-order valence-corrected chi connectivity index (χ4v) is 2.77. The van der Waals surface area contributed by atoms with E-state index in [2.05, 4.69) is 41.4 Å². The van der Waals surface area contributed by atoms with Crippen LogP contribution in [0.15, 0.2) is 6.07 Å². The molecule has 1 amide bonds. The zero-order chi connectivity index (χ0) is 16.3. The Morgan fingerprint density at radius 2 is 2.04 bits per heavy atom. The third-order valence-corrected chi connectivity index (χ3v) is 4.20. The van der Waals surface area contributed by atoms with Crippen LogP contribution in [0.5, 0.6) is 0 Å². The molecule has 0 aliphatic carbocycles. The molecular formula is C16H31Cl2N5O. The van der Waals surface area contributed by atoms with Crippen molar-refractivity contribution in [1.82, 2.24) is 20.0 Å². The van der Waals surface area contributed by atoms with Crippen LogP contribution in [0.4, 0.5) is 5.82 Å². The number of rotatable bonds is 4. The van der Waals surface area contributed by atoms with Gasteiger partial charge in [-0.05, 0) is 26.4 Å². The van der Waals surface area contributed by atoms with E-state index >= 15 is 0 Å². The van der Waals surface area contributed by atoms with Gasteiger partial charge in [0.15, 0.2) is 0 Å². The second-order valence-corrected chi connectivity index (χ2v) is 7.20. The standard InChI is InChI=1S/C16H29N5O.2ClH/c1-16(2,3)13-9-14(20(5)19-13)18-15(22)11-21-8-6-7-12(10-21)17-4;;/h9,12,17H,6-8,10-11H2,1-5H3,(H,18,22);2*1H. The van der Waals surface area contributed by atoms with E-state index in [1.54, 1.807) is 4.68 Å². The molecule has 1 aromatic rings. The van der Waals surface area contributed by atoms with E-state index in [1.807, 2.05) is 20.2 Å². The number of hydrogen-bond donors (Lipinski definition) is 2. The van der Waals surface area contributed by atoms with Gasteiger partial charge in [0.2, 0.25) is 5.91 Å². The second kappa shape index (κ2) is 9.61. The van der Waals surface area contributed by atoms with Gasteiger partial charge in [0.05, 0.1) is 12.2 Å². The highest BCUT2D eigenvalue weighted by Crippen LogP contribution is 2.23. The molecule has 24 heavy (non-hydrogen) atoms. The highest BCUT2D eigenvalue weighted by molar-refractivity contribution is 5.91. The number of halogens is 2. The topological polar surface area (TPSA) is 62.2 Å². The third-order valence-electron chi connectivity index (χ3n) is 4.20. The summed E-state index contributed by atoms with van der Waals surface area (Å²) in [4.78, 5) is 14.5. The molecule has 1 aliphatic heterocycles. The Kier molecular flexibility index (Phi) is 9.28. The fraction of sp³-hybridized carbons (Fsp3) is 0.750. The van der Waals surface area contributed by atoms with Crippen LogP contribution in [-0.4, -0.2) is 53.3 Å². The molecule has 2 N–H and O–H groups in total. The lowest BCUT2D eigenvalue weighted by molar-refractivity contribution is -0.117. The zero-order valence-corrected chi connectivity index (χ0v) is 16.9. The van der Waals surface area contributed by atoms with Crippen LogP contribution in [0, 0.1) is 0 Å². The largest absolute Gasteiger partial charge is 0.316 e. The van der Waals surface area contributed by atoms with Crippen LogP contribution in [0.2, 0.25) is 0 Å². The minimum Gasteiger partial charge on any atom is -0.316 e. The average Bonchev–Trinajstić information content (AvgIpc) is 2.80. The van der Waals surface area contributed by atoms with E-state index < -0.39 is 0 Å². The minimum absolute atomic E-state index is 0. The first-order chi connectivity index (χ1) is 10.3. The van der Waals surface area contributed by atoms with Gasteiger partial charge in [0, 0.05) is 31.1 Å². The van der Waals surface area contributed by atoms with Crippen LogP contribution < -0.4 is 10.6 Å². The van der Waals surface area contributed by atoms with Gasteiger partial charge in [-0.15, -0.1) is 24.8 Å². The number of anilines is 1. The molecule has 1 fully saturated rings. The van der Waals surface area contributed by atoms with Crippen molar-refractivity contribution in [2.75, 3.05) is 32.0 Å². The van der Waals surface area contributed by atoms with Crippen LogP contribution in [-0.2, 0) is 17.3 Å². The maximum absolute atomic E-state index is 12.3. The van der Waals surface area contributed by atoms with Gasteiger partial charge in [0.1, 0.15) is 5.82 Å². The van der Waals surface area contributed by atoms with Crippen LogP contribution in [0.3, 0.4) is 0 Å². The lowest BCUT2D eigenvalue weighted by atomic mass is 9.92. The maximum Gasteiger partial charge on any atom is 0.239 e. The Morgan fingerprint density at radius 1 is 1.38 bits per heavy atom. The number of nitrogens with one attached hydrogen (secondary N) is 2. The van der Waals surface area contributed by atoms with Crippen molar-refractivity contribution in [3.8, 4) is 0 Å². The molecule has 1 unspecified atom stereocenters. The summed E-state index contributed by atoms with van der Waals surface area (Å²) in [6.45, 7) is 8.71. The Labute approximate surface area is 157 Å². The van der Waals surface area contributed by atoms with E-state index in [-0.39, 0.29) is 36.1 Å². The van der Waals surface area contributed by atoms with E-state index in [0.717, 1.165) is 31.0 Å². The highest BCUT2D eigenvalue weighted by Gasteiger charge is 2.22. The first kappa shape index (κ1) is 23.2. The molecule has 1 aliphatic rings. The zero-order valence-electron chi connectivity index (χ0n) is 15.3. The van der Waals surface area contributed by atoms with Gasteiger partial charge in [-0.3, -0.25) is 14.4 Å². The average molecular weight is 380 g/mol. The summed E-state index contributed by atoms with van der Waals surface area (Å²) in [6, 6.07) is 2.45. The number of likely N-dealkylation sites (tertiary alicyclic amines) is 1. The molecule has 0 bridgehead atoms. The number of carbonyl (C=O) groups is 1. The number of nitrogens with zero attached hydrogens (tertiary/aromatic N) is 3. The van der Waals surface area contributed by atoms with Crippen LogP contribution in [0.1, 0.15) is 39.3 Å². The molecule has 0 spiro atoms. The summed E-state index contributed by atoms with van der Waals surface area (Å²) in [5.41, 5.74) is 0.965. The Balaban J connectivity index is 0.00000264. The number of amides is 1. The molecule has 6 nitrogen and oxygen atoms in total. The fourth-order valence-electron chi connectivity index (χ4n) is 2.77. The molecule has 2 heterocycles. The van der Waals surface area contributed by atoms with E-state index in [0.29, 0.717) is 12.6 Å². The van der Waals surface area contributed by atoms with Crippen molar-refractivity contribution in [2.24, 2.45) is 7.05 Å². The molecule has 0 saturated carbocycles. The van der Waals surface area contributed by atoms with E-state index in [1.165, 1.54) is 6.42 Å². The van der Waals surface area contributed by atoms with E-state index in [9.17, 15) is 4.79 Å². The SMILES string of the molecule is CNC1CCCN(CC(=O)Nc2cc(C(C)(C)C)nn2C)C1.Cl.Cl. The number of piperidine rings is 1. The molecule has 1 saturated heterocycles. The van der Waals surface area contributed by atoms with Crippen molar-refractivity contribution < 1.29 is 4.79 Å². The third kappa shape index (κ3) is 6.24. The van der Waals surface area contributed by atoms with E-state index in [4.69, 9.17) is 0 Å². The lowest BCUT2D eigenvalue weighted by Crippen LogP contribution is -2.47. The quantitative estimate of drug-likeness (QED) is 0.841. The summed E-state index contributed by atoms with van der Waals surface area (Å²) >= 11 is 0. The molecule has 1 aromatic heterocycles. The monoisotopic (exact) mass is 379 g/mol. The molecule has 0 radical (unpaired) electrons. The van der Waals surface area contributed by atoms with Gasteiger partial charge in [-0.2, -0.15) is 5.10 Å². The van der Waals surface area contributed by atoms with Gasteiger partial charge in [0.25, 0.3) is 0 Å². The van der Waals surface area contributed by atoms with Crippen molar-refractivity contribution >= 4 is 36.5 Å². The summed E-state index contributed by atoms with van der Waals surface area (Å²) in [7, 11) is 3.85. The molecule has 2 rings (SSSR count). The number of hydrogen-bond acceptors (Lipinski definition) is 4. The van der Waals surface area contributed by atoms with Gasteiger partial charge >= 0.3 is 0 Å². The molecular weight excluding hydrogens is 349 g/mol. The predicted octanol–water partition coefficient (Wildman–Crippen LogP) is 2.18. The summed E-state index contributed by atoms with van der Waals surface area (Å²) in [5, 5.41) is 10.8. The van der Waals surface area contributed by atoms with Crippen LogP contribution >= 0.6 is 24.8 Å². The number of aromatic nitrogens is 2. The summed E-state index contributed by atoms with van der Waals surface area (Å²) in [5.74, 6) is 0.789. The van der Waals surface area contributed by atoms with Crippen LogP contribution in [0.25, 0.3) is 0 Å². The number of carbonyl (C=O) groups excluding carboxylic acids is 1. The first-order valence-corrected chi connectivity index (χ1v) is 8.03. The maximum atomic E-state index is 12.3. The van der Waals surface area contributed by atoms with Gasteiger partial charge in [-0.25, -0.2) is 0 Å². The summed E-state index contributed by atoms with van der Waals surface area (Å²) in [6.07, 6.45) is 2.32. The Hall–Kier alpha value is -0.820. The van der Waals surface area contributed by atoms with Crippen molar-refractivity contribution in [1.29, 1.82) is 0 Å². The predicted molar refractivity (Wildman–Crippen MR) is 104 cm³/mol. The lowest BCUT2D eigenvalue weighted by Gasteiger charge is -2.31. The highest BCUT2D eigenvalue weighted by atomic mass is 35.5. The molecule has 140 valence electrons. The summed E-state index contributed by atoms with van der Waals surface area (Å²) < 4.78 is 1.74. The molecule has 1 atom stereocenters. The first-order valence-electron chi connectivity index (χ1n) is 8.03. The van der Waals surface area contributed by atoms with Crippen molar-refractivity contribution in [3.05, 3.63) is 11.8 Å². The normalized spacial score (nSPS) is 18.5. The van der Waals surface area contributed by atoms with Crippen molar-refractivity contribution in [3.63, 3.8) is 0 Å². The van der Waals surface area contributed by atoms with Gasteiger partial charge < -0.3 is 10.6 Å². The second-order valence-electron chi connectivity index (χ2n) is 7.20. The Morgan fingerprint density at radius 3 is 2.58 bits per heavy atom. The molecule has 8 heteroatoms.